The Morgan fingerprint density at radius 2 is 1.80 bits per heavy atom. The highest BCUT2D eigenvalue weighted by atomic mass is 19.2. The maximum Gasteiger partial charge on any atom is 0.263 e. The molecule has 7 heteroatoms. The quantitative estimate of drug-likeness (QED) is 0.797. The van der Waals surface area contributed by atoms with Gasteiger partial charge in [0.25, 0.3) is 5.91 Å². The van der Waals surface area contributed by atoms with Crippen molar-refractivity contribution in [3.8, 4) is 11.5 Å². The number of hydrogen-bond acceptors (Lipinski definition) is 3. The molecular weight excluding hydrogens is 335 g/mol. The Balaban J connectivity index is 2.00. The number of benzene rings is 2. The summed E-state index contributed by atoms with van der Waals surface area (Å²) in [6, 6.07) is 7.44. The minimum absolute atomic E-state index is 0.0450. The molecule has 2 aromatic rings. The van der Waals surface area contributed by atoms with Crippen molar-refractivity contribution >= 4 is 5.91 Å². The fraction of sp³-hybridized carbons (Fsp3) is 0.278. The standard InChI is InChI=1S/C18H18F3NO3/c1-11(25-13-5-6-14(19)15(20)9-13)18(23)22(2)10-12-4-7-17(24-3)16(21)8-12/h4-9,11H,10H2,1-3H3. The molecule has 0 radical (unpaired) electrons. The van der Waals surface area contributed by atoms with Gasteiger partial charge < -0.3 is 14.4 Å². The predicted molar refractivity (Wildman–Crippen MR) is 85.9 cm³/mol. The van der Waals surface area contributed by atoms with Crippen LogP contribution in [0.1, 0.15) is 12.5 Å². The Labute approximate surface area is 143 Å². The van der Waals surface area contributed by atoms with E-state index < -0.39 is 23.6 Å². The molecule has 0 spiro atoms. The van der Waals surface area contributed by atoms with Gasteiger partial charge in [-0.2, -0.15) is 0 Å². The number of ether oxygens (including phenoxy) is 2. The number of carbonyl (C=O) groups excluding carboxylic acids is 1. The van der Waals surface area contributed by atoms with Gasteiger partial charge in [0.1, 0.15) is 5.75 Å². The highest BCUT2D eigenvalue weighted by Gasteiger charge is 2.20. The largest absolute Gasteiger partial charge is 0.494 e. The van der Waals surface area contributed by atoms with Crippen molar-refractivity contribution in [1.29, 1.82) is 0 Å². The molecule has 0 bridgehead atoms. The molecule has 0 saturated heterocycles. The minimum atomic E-state index is -1.06. The summed E-state index contributed by atoms with van der Waals surface area (Å²) in [4.78, 5) is 13.7. The summed E-state index contributed by atoms with van der Waals surface area (Å²) in [7, 11) is 2.90. The normalized spacial score (nSPS) is 11.8. The molecule has 0 fully saturated rings. The zero-order valence-electron chi connectivity index (χ0n) is 14.1. The Morgan fingerprint density at radius 3 is 2.40 bits per heavy atom. The number of nitrogens with zero attached hydrogens (tertiary/aromatic N) is 1. The molecule has 0 heterocycles. The molecule has 2 rings (SSSR count). The predicted octanol–water partition coefficient (Wildman–Crippen LogP) is 3.54. The van der Waals surface area contributed by atoms with Gasteiger partial charge in [0.15, 0.2) is 29.3 Å². The van der Waals surface area contributed by atoms with Crippen LogP contribution in [0.4, 0.5) is 13.2 Å². The summed E-state index contributed by atoms with van der Waals surface area (Å²) in [5.74, 6) is -2.80. The molecule has 0 saturated carbocycles. The van der Waals surface area contributed by atoms with Crippen LogP contribution >= 0.6 is 0 Å². The van der Waals surface area contributed by atoms with Crippen LogP contribution < -0.4 is 9.47 Å². The van der Waals surface area contributed by atoms with E-state index in [1.165, 1.54) is 44.2 Å². The Morgan fingerprint density at radius 1 is 1.08 bits per heavy atom. The average Bonchev–Trinajstić information content (AvgIpc) is 2.57. The van der Waals surface area contributed by atoms with E-state index in [4.69, 9.17) is 9.47 Å². The zero-order valence-corrected chi connectivity index (χ0v) is 14.1. The molecule has 0 aromatic heterocycles. The molecule has 0 aliphatic carbocycles. The fourth-order valence-corrected chi connectivity index (χ4v) is 2.28. The zero-order chi connectivity index (χ0) is 18.6. The van der Waals surface area contributed by atoms with Crippen LogP contribution in [0.25, 0.3) is 0 Å². The van der Waals surface area contributed by atoms with E-state index in [9.17, 15) is 18.0 Å². The molecule has 134 valence electrons. The average molecular weight is 353 g/mol. The van der Waals surface area contributed by atoms with Crippen molar-refractivity contribution in [3.05, 3.63) is 59.4 Å². The summed E-state index contributed by atoms with van der Waals surface area (Å²) in [5, 5.41) is 0. The molecule has 0 N–H and O–H groups in total. The molecule has 2 aromatic carbocycles. The van der Waals surface area contributed by atoms with Crippen LogP contribution in [0.2, 0.25) is 0 Å². The molecule has 1 amide bonds. The van der Waals surface area contributed by atoms with E-state index in [0.717, 1.165) is 12.1 Å². The van der Waals surface area contributed by atoms with Gasteiger partial charge in [-0.05, 0) is 36.8 Å². The van der Waals surface area contributed by atoms with Gasteiger partial charge in [-0.1, -0.05) is 6.07 Å². The summed E-state index contributed by atoms with van der Waals surface area (Å²) in [6.45, 7) is 1.65. The van der Waals surface area contributed by atoms with Crippen LogP contribution in [-0.4, -0.2) is 31.1 Å². The van der Waals surface area contributed by atoms with Gasteiger partial charge in [-0.3, -0.25) is 4.79 Å². The smallest absolute Gasteiger partial charge is 0.263 e. The van der Waals surface area contributed by atoms with Crippen molar-refractivity contribution in [2.24, 2.45) is 0 Å². The van der Waals surface area contributed by atoms with Crippen molar-refractivity contribution in [3.63, 3.8) is 0 Å². The first kappa shape index (κ1) is 18.6. The van der Waals surface area contributed by atoms with Crippen LogP contribution in [0.15, 0.2) is 36.4 Å². The third-order valence-corrected chi connectivity index (χ3v) is 3.56. The summed E-state index contributed by atoms with van der Waals surface area (Å²) in [5.41, 5.74) is 0.578. The monoisotopic (exact) mass is 353 g/mol. The maximum absolute atomic E-state index is 13.7. The van der Waals surface area contributed by atoms with Gasteiger partial charge in [0.05, 0.1) is 7.11 Å². The lowest BCUT2D eigenvalue weighted by molar-refractivity contribution is -0.137. The maximum atomic E-state index is 13.7. The Hall–Kier alpha value is -2.70. The highest BCUT2D eigenvalue weighted by Crippen LogP contribution is 2.20. The van der Waals surface area contributed by atoms with E-state index in [1.54, 1.807) is 6.07 Å². The molecule has 0 aliphatic rings. The number of halogens is 3. The number of amides is 1. The van der Waals surface area contributed by atoms with Crippen molar-refractivity contribution < 1.29 is 27.4 Å². The van der Waals surface area contributed by atoms with Crippen molar-refractivity contribution in [1.82, 2.24) is 4.90 Å². The highest BCUT2D eigenvalue weighted by molar-refractivity contribution is 5.80. The fourth-order valence-electron chi connectivity index (χ4n) is 2.28. The van der Waals surface area contributed by atoms with E-state index in [-0.39, 0.29) is 24.0 Å². The molecule has 25 heavy (non-hydrogen) atoms. The first-order valence-corrected chi connectivity index (χ1v) is 7.51. The number of rotatable bonds is 6. The summed E-state index contributed by atoms with van der Waals surface area (Å²) >= 11 is 0. The number of hydrogen-bond donors (Lipinski definition) is 0. The number of carbonyl (C=O) groups is 1. The Bertz CT molecular complexity index is 767. The lowest BCUT2D eigenvalue weighted by atomic mass is 10.2. The SMILES string of the molecule is COc1ccc(CN(C)C(=O)C(C)Oc2ccc(F)c(F)c2)cc1F. The van der Waals surface area contributed by atoms with Gasteiger partial charge in [0.2, 0.25) is 0 Å². The first-order valence-electron chi connectivity index (χ1n) is 7.51. The van der Waals surface area contributed by atoms with Crippen LogP contribution in [0.5, 0.6) is 11.5 Å². The van der Waals surface area contributed by atoms with Crippen LogP contribution in [0.3, 0.4) is 0 Å². The summed E-state index contributed by atoms with van der Waals surface area (Å²) < 4.78 is 50.0. The second-order valence-electron chi connectivity index (χ2n) is 5.50. The van der Waals surface area contributed by atoms with Gasteiger partial charge >= 0.3 is 0 Å². The summed E-state index contributed by atoms with van der Waals surface area (Å²) in [6.07, 6.45) is -0.919. The molecular formula is C18H18F3NO3. The molecule has 1 atom stereocenters. The van der Waals surface area contributed by atoms with Gasteiger partial charge in [-0.15, -0.1) is 0 Å². The number of methoxy groups -OCH3 is 1. The molecule has 1 unspecified atom stereocenters. The molecule has 4 nitrogen and oxygen atoms in total. The lowest BCUT2D eigenvalue weighted by Crippen LogP contribution is -2.37. The van der Waals surface area contributed by atoms with Crippen molar-refractivity contribution in [2.75, 3.05) is 14.2 Å². The third-order valence-electron chi connectivity index (χ3n) is 3.56. The first-order chi connectivity index (χ1) is 11.8. The lowest BCUT2D eigenvalue weighted by Gasteiger charge is -2.22. The van der Waals surface area contributed by atoms with Gasteiger partial charge in [0, 0.05) is 19.7 Å². The third kappa shape index (κ3) is 4.65. The topological polar surface area (TPSA) is 38.8 Å². The van der Waals surface area contributed by atoms with E-state index in [0.29, 0.717) is 5.56 Å². The van der Waals surface area contributed by atoms with Crippen molar-refractivity contribution in [2.45, 2.75) is 19.6 Å². The van der Waals surface area contributed by atoms with Crippen LogP contribution in [-0.2, 0) is 11.3 Å². The van der Waals surface area contributed by atoms with E-state index >= 15 is 0 Å². The minimum Gasteiger partial charge on any atom is -0.494 e. The van der Waals surface area contributed by atoms with Gasteiger partial charge in [-0.25, -0.2) is 13.2 Å². The van der Waals surface area contributed by atoms with E-state index in [1.807, 2.05) is 0 Å². The second-order valence-corrected chi connectivity index (χ2v) is 5.50. The van der Waals surface area contributed by atoms with Crippen LogP contribution in [0, 0.1) is 17.5 Å². The second kappa shape index (κ2) is 7.92. The van der Waals surface area contributed by atoms with E-state index in [2.05, 4.69) is 0 Å². The number of likely N-dealkylation sites (N-methyl/N-ethyl adjacent to an activating group) is 1. The Kier molecular flexibility index (Phi) is 5.90. The molecule has 0 aliphatic heterocycles.